The molecule has 0 unspecified atom stereocenters. The van der Waals surface area contributed by atoms with E-state index in [1.807, 2.05) is 6.07 Å². The zero-order chi connectivity index (χ0) is 8.39. The van der Waals surface area contributed by atoms with E-state index in [-0.39, 0.29) is 0 Å². The molecule has 2 heterocycles. The van der Waals surface area contributed by atoms with Crippen LogP contribution in [0, 0.1) is 0 Å². The highest BCUT2D eigenvalue weighted by atomic mass is 15.3. The van der Waals surface area contributed by atoms with Gasteiger partial charge in [-0.1, -0.05) is 0 Å². The molecule has 0 saturated carbocycles. The van der Waals surface area contributed by atoms with Crippen LogP contribution in [0.15, 0.2) is 31.0 Å². The van der Waals surface area contributed by atoms with E-state index in [2.05, 4.69) is 15.1 Å². The fourth-order valence-electron chi connectivity index (χ4n) is 0.920. The zero-order valence-electron chi connectivity index (χ0n) is 6.25. The molecule has 0 amide bonds. The molecule has 2 aromatic heterocycles. The number of anilines is 1. The van der Waals surface area contributed by atoms with Gasteiger partial charge in [0.2, 0.25) is 0 Å². The molecule has 5 heteroatoms. The van der Waals surface area contributed by atoms with E-state index in [1.165, 1.54) is 6.33 Å². The van der Waals surface area contributed by atoms with Crippen molar-refractivity contribution in [3.05, 3.63) is 31.0 Å². The number of hydrogen-bond donors (Lipinski definition) is 1. The molecule has 0 aliphatic heterocycles. The van der Waals surface area contributed by atoms with Gasteiger partial charge in [-0.15, -0.1) is 0 Å². The Morgan fingerprint density at radius 2 is 2.33 bits per heavy atom. The van der Waals surface area contributed by atoms with Crippen molar-refractivity contribution in [2.75, 3.05) is 5.73 Å². The van der Waals surface area contributed by atoms with Crippen LogP contribution < -0.4 is 5.73 Å². The van der Waals surface area contributed by atoms with Crippen LogP contribution in [0.4, 0.5) is 5.82 Å². The Morgan fingerprint density at radius 3 is 3.00 bits per heavy atom. The maximum Gasteiger partial charge on any atom is 0.152 e. The lowest BCUT2D eigenvalue weighted by molar-refractivity contribution is 0.868. The van der Waals surface area contributed by atoms with Gasteiger partial charge in [-0.3, -0.25) is 0 Å². The monoisotopic (exact) mass is 161 g/mol. The maximum atomic E-state index is 5.60. The second-order valence-electron chi connectivity index (χ2n) is 2.24. The van der Waals surface area contributed by atoms with Crippen LogP contribution in [0.1, 0.15) is 0 Å². The number of nitrogens with two attached hydrogens (primary N) is 1. The Labute approximate surface area is 68.9 Å². The standard InChI is InChI=1S/C7H7N5/c8-7-6(4-9-5-10-7)12-3-1-2-11-12/h1-5H,(H2,8,9,10). The van der Waals surface area contributed by atoms with E-state index in [1.54, 1.807) is 23.3 Å². The summed E-state index contributed by atoms with van der Waals surface area (Å²) in [4.78, 5) is 7.69. The van der Waals surface area contributed by atoms with Crippen molar-refractivity contribution in [3.8, 4) is 5.69 Å². The highest BCUT2D eigenvalue weighted by Crippen LogP contribution is 2.09. The summed E-state index contributed by atoms with van der Waals surface area (Å²) in [6.45, 7) is 0. The lowest BCUT2D eigenvalue weighted by Crippen LogP contribution is -2.02. The van der Waals surface area contributed by atoms with E-state index in [0.29, 0.717) is 11.5 Å². The van der Waals surface area contributed by atoms with Gasteiger partial charge in [0.15, 0.2) is 5.82 Å². The Kier molecular flexibility index (Phi) is 1.48. The first-order chi connectivity index (χ1) is 5.88. The predicted octanol–water partition coefficient (Wildman–Crippen LogP) is 0.244. The number of rotatable bonds is 1. The molecule has 0 aliphatic carbocycles. The average molecular weight is 161 g/mol. The Morgan fingerprint density at radius 1 is 1.42 bits per heavy atom. The van der Waals surface area contributed by atoms with Gasteiger partial charge in [-0.05, 0) is 6.07 Å². The third kappa shape index (κ3) is 1.01. The van der Waals surface area contributed by atoms with Crippen molar-refractivity contribution in [2.45, 2.75) is 0 Å². The first kappa shape index (κ1) is 6.78. The molecule has 0 saturated heterocycles. The largest absolute Gasteiger partial charge is 0.382 e. The molecule has 0 aliphatic rings. The Balaban J connectivity index is 2.55. The van der Waals surface area contributed by atoms with Crippen LogP contribution in [0.5, 0.6) is 0 Å². The first-order valence-corrected chi connectivity index (χ1v) is 3.43. The van der Waals surface area contributed by atoms with Gasteiger partial charge >= 0.3 is 0 Å². The molecule has 0 aromatic carbocycles. The molecular weight excluding hydrogens is 154 g/mol. The Bertz CT molecular complexity index is 367. The summed E-state index contributed by atoms with van der Waals surface area (Å²) in [7, 11) is 0. The summed E-state index contributed by atoms with van der Waals surface area (Å²) in [6, 6.07) is 1.81. The number of aromatic nitrogens is 4. The summed E-state index contributed by atoms with van der Waals surface area (Å²) in [6.07, 6.45) is 6.49. The van der Waals surface area contributed by atoms with E-state index < -0.39 is 0 Å². The molecule has 0 bridgehead atoms. The minimum Gasteiger partial charge on any atom is -0.382 e. The lowest BCUT2D eigenvalue weighted by atomic mass is 10.5. The van der Waals surface area contributed by atoms with Gasteiger partial charge in [-0.2, -0.15) is 5.10 Å². The van der Waals surface area contributed by atoms with Crippen LogP contribution in [-0.2, 0) is 0 Å². The third-order valence-electron chi connectivity index (χ3n) is 1.47. The smallest absolute Gasteiger partial charge is 0.152 e. The molecular formula is C7H7N5. The van der Waals surface area contributed by atoms with Crippen molar-refractivity contribution >= 4 is 5.82 Å². The van der Waals surface area contributed by atoms with Gasteiger partial charge in [0.25, 0.3) is 0 Å². The molecule has 0 fully saturated rings. The zero-order valence-corrected chi connectivity index (χ0v) is 6.25. The summed E-state index contributed by atoms with van der Waals surface area (Å²) in [5.74, 6) is 0.425. The number of nitrogens with zero attached hydrogens (tertiary/aromatic N) is 4. The highest BCUT2D eigenvalue weighted by Gasteiger charge is 2.00. The summed E-state index contributed by atoms with van der Waals surface area (Å²) >= 11 is 0. The molecule has 2 N–H and O–H groups in total. The quantitative estimate of drug-likeness (QED) is 0.650. The van der Waals surface area contributed by atoms with Gasteiger partial charge in [0.05, 0.1) is 6.20 Å². The minimum atomic E-state index is 0.425. The van der Waals surface area contributed by atoms with Crippen molar-refractivity contribution in [2.24, 2.45) is 0 Å². The van der Waals surface area contributed by atoms with Crippen LogP contribution in [-0.4, -0.2) is 19.7 Å². The van der Waals surface area contributed by atoms with Crippen molar-refractivity contribution in [1.82, 2.24) is 19.7 Å². The number of hydrogen-bond acceptors (Lipinski definition) is 4. The molecule has 0 atom stereocenters. The fourth-order valence-corrected chi connectivity index (χ4v) is 0.920. The van der Waals surface area contributed by atoms with Crippen LogP contribution in [0.3, 0.4) is 0 Å². The first-order valence-electron chi connectivity index (χ1n) is 3.43. The topological polar surface area (TPSA) is 69.6 Å². The molecule has 0 spiro atoms. The fraction of sp³-hybridized carbons (Fsp3) is 0. The van der Waals surface area contributed by atoms with Gasteiger partial charge in [0.1, 0.15) is 12.0 Å². The maximum absolute atomic E-state index is 5.60. The van der Waals surface area contributed by atoms with E-state index in [4.69, 9.17) is 5.73 Å². The summed E-state index contributed by atoms with van der Waals surface area (Å²) < 4.78 is 1.62. The van der Waals surface area contributed by atoms with Crippen LogP contribution >= 0.6 is 0 Å². The summed E-state index contributed by atoms with van der Waals surface area (Å²) in [5.41, 5.74) is 6.30. The molecule has 0 radical (unpaired) electrons. The predicted molar refractivity (Wildman–Crippen MR) is 43.6 cm³/mol. The second-order valence-corrected chi connectivity index (χ2v) is 2.24. The van der Waals surface area contributed by atoms with E-state index >= 15 is 0 Å². The molecule has 2 rings (SSSR count). The van der Waals surface area contributed by atoms with Gasteiger partial charge in [0, 0.05) is 12.4 Å². The normalized spacial score (nSPS) is 10.0. The highest BCUT2D eigenvalue weighted by molar-refractivity contribution is 5.48. The SMILES string of the molecule is Nc1ncncc1-n1cccn1. The van der Waals surface area contributed by atoms with Crippen molar-refractivity contribution < 1.29 is 0 Å². The molecule has 60 valence electrons. The minimum absolute atomic E-state index is 0.425. The van der Waals surface area contributed by atoms with Crippen LogP contribution in [0.2, 0.25) is 0 Å². The molecule has 5 nitrogen and oxygen atoms in total. The van der Waals surface area contributed by atoms with E-state index in [9.17, 15) is 0 Å². The number of nitrogen functional groups attached to an aromatic ring is 1. The van der Waals surface area contributed by atoms with Crippen molar-refractivity contribution in [1.29, 1.82) is 0 Å². The second kappa shape index (κ2) is 2.61. The van der Waals surface area contributed by atoms with Gasteiger partial charge < -0.3 is 5.73 Å². The lowest BCUT2D eigenvalue weighted by Gasteiger charge is -2.01. The van der Waals surface area contributed by atoms with Gasteiger partial charge in [-0.25, -0.2) is 14.6 Å². The third-order valence-corrected chi connectivity index (χ3v) is 1.47. The average Bonchev–Trinajstić information content (AvgIpc) is 2.57. The Hall–Kier alpha value is -1.91. The van der Waals surface area contributed by atoms with E-state index in [0.717, 1.165) is 0 Å². The molecule has 2 aromatic rings. The molecule has 12 heavy (non-hydrogen) atoms. The summed E-state index contributed by atoms with van der Waals surface area (Å²) in [5, 5.41) is 4.00. The van der Waals surface area contributed by atoms with Crippen LogP contribution in [0.25, 0.3) is 5.69 Å². The van der Waals surface area contributed by atoms with Crippen molar-refractivity contribution in [3.63, 3.8) is 0 Å².